The minimum absolute atomic E-state index is 0.307. The van der Waals surface area contributed by atoms with Gasteiger partial charge in [0.15, 0.2) is 0 Å². The van der Waals surface area contributed by atoms with Crippen molar-refractivity contribution in [2.75, 3.05) is 6.61 Å². The van der Waals surface area contributed by atoms with Gasteiger partial charge in [-0.1, -0.05) is 13.3 Å². The maximum atomic E-state index is 11.7. The Kier molecular flexibility index (Phi) is 3.71. The van der Waals surface area contributed by atoms with Crippen molar-refractivity contribution in [3.63, 3.8) is 0 Å². The predicted molar refractivity (Wildman–Crippen MR) is 64.0 cm³/mol. The number of esters is 1. The van der Waals surface area contributed by atoms with Crippen molar-refractivity contribution < 1.29 is 9.53 Å². The number of carbonyl (C=O) groups excluding carboxylic acids is 1. The summed E-state index contributed by atoms with van der Waals surface area (Å²) in [4.78, 5) is 20.5. The van der Waals surface area contributed by atoms with Crippen LogP contribution in [0.3, 0.4) is 0 Å². The molecule has 0 radical (unpaired) electrons. The summed E-state index contributed by atoms with van der Waals surface area (Å²) in [6.07, 6.45) is 5.74. The van der Waals surface area contributed by atoms with Crippen LogP contribution >= 0.6 is 0 Å². The third kappa shape index (κ3) is 2.81. The highest BCUT2D eigenvalue weighted by molar-refractivity contribution is 5.90. The summed E-state index contributed by atoms with van der Waals surface area (Å²) in [6, 6.07) is 0. The SMILES string of the molecule is CCCc1nc(C2CC2)ncc1C(=O)OCC. The first-order valence-electron chi connectivity index (χ1n) is 6.29. The van der Waals surface area contributed by atoms with Gasteiger partial charge in [0, 0.05) is 12.1 Å². The largest absolute Gasteiger partial charge is 0.462 e. The standard InChI is InChI=1S/C13H18N2O2/c1-3-5-11-10(13(16)17-4-2)8-14-12(15-11)9-6-7-9/h8-9H,3-7H2,1-2H3. The van der Waals surface area contributed by atoms with Crippen LogP contribution in [0, 0.1) is 0 Å². The first kappa shape index (κ1) is 12.0. The van der Waals surface area contributed by atoms with Crippen molar-refractivity contribution >= 4 is 5.97 Å². The predicted octanol–water partition coefficient (Wildman–Crippen LogP) is 2.48. The number of nitrogens with zero attached hydrogens (tertiary/aromatic N) is 2. The number of ether oxygens (including phenoxy) is 1. The quantitative estimate of drug-likeness (QED) is 0.734. The van der Waals surface area contributed by atoms with E-state index < -0.39 is 0 Å². The molecule has 1 aromatic heterocycles. The molecule has 1 saturated carbocycles. The molecule has 1 aromatic rings. The molecule has 0 amide bonds. The topological polar surface area (TPSA) is 52.1 Å². The summed E-state index contributed by atoms with van der Waals surface area (Å²) in [5.74, 6) is 1.10. The van der Waals surface area contributed by atoms with E-state index in [1.54, 1.807) is 13.1 Å². The van der Waals surface area contributed by atoms with Gasteiger partial charge in [0.25, 0.3) is 0 Å². The molecule has 92 valence electrons. The van der Waals surface area contributed by atoms with Crippen LogP contribution < -0.4 is 0 Å². The maximum absolute atomic E-state index is 11.7. The lowest BCUT2D eigenvalue weighted by atomic mass is 10.1. The average Bonchev–Trinajstić information content (AvgIpc) is 3.13. The van der Waals surface area contributed by atoms with Gasteiger partial charge in [0.05, 0.1) is 17.9 Å². The molecule has 1 aliphatic rings. The minimum atomic E-state index is -0.307. The summed E-state index contributed by atoms with van der Waals surface area (Å²) in [6.45, 7) is 4.26. The number of hydrogen-bond acceptors (Lipinski definition) is 4. The third-order valence-electron chi connectivity index (χ3n) is 2.81. The molecule has 4 nitrogen and oxygen atoms in total. The zero-order valence-corrected chi connectivity index (χ0v) is 10.4. The third-order valence-corrected chi connectivity index (χ3v) is 2.81. The molecule has 0 unspecified atom stereocenters. The zero-order chi connectivity index (χ0) is 12.3. The van der Waals surface area contributed by atoms with Crippen molar-refractivity contribution in [1.82, 2.24) is 9.97 Å². The number of carbonyl (C=O) groups is 1. The van der Waals surface area contributed by atoms with Crippen molar-refractivity contribution in [2.24, 2.45) is 0 Å². The fourth-order valence-electron chi connectivity index (χ4n) is 1.78. The maximum Gasteiger partial charge on any atom is 0.341 e. The number of aryl methyl sites for hydroxylation is 1. The Bertz CT molecular complexity index is 414. The van der Waals surface area contributed by atoms with E-state index >= 15 is 0 Å². The molecular formula is C13H18N2O2. The van der Waals surface area contributed by atoms with Gasteiger partial charge >= 0.3 is 5.97 Å². The summed E-state index contributed by atoms with van der Waals surface area (Å²) in [5.41, 5.74) is 1.36. The number of rotatable bonds is 5. The molecule has 1 fully saturated rings. The van der Waals surface area contributed by atoms with E-state index in [0.717, 1.165) is 24.4 Å². The molecule has 2 rings (SSSR count). The lowest BCUT2D eigenvalue weighted by Gasteiger charge is -2.08. The monoisotopic (exact) mass is 234 g/mol. The van der Waals surface area contributed by atoms with E-state index in [1.807, 2.05) is 0 Å². The Morgan fingerprint density at radius 2 is 2.24 bits per heavy atom. The fraction of sp³-hybridized carbons (Fsp3) is 0.615. The Balaban J connectivity index is 2.26. The van der Waals surface area contributed by atoms with Crippen LogP contribution in [0.1, 0.15) is 60.9 Å². The van der Waals surface area contributed by atoms with Crippen molar-refractivity contribution in [2.45, 2.75) is 45.4 Å². The van der Waals surface area contributed by atoms with Crippen molar-refractivity contribution in [1.29, 1.82) is 0 Å². The van der Waals surface area contributed by atoms with Gasteiger partial charge in [-0.15, -0.1) is 0 Å². The van der Waals surface area contributed by atoms with Crippen LogP contribution in [0.4, 0.5) is 0 Å². The molecule has 0 spiro atoms. The summed E-state index contributed by atoms with van der Waals surface area (Å²) in [7, 11) is 0. The first-order valence-corrected chi connectivity index (χ1v) is 6.29. The number of hydrogen-bond donors (Lipinski definition) is 0. The fourth-order valence-corrected chi connectivity index (χ4v) is 1.78. The minimum Gasteiger partial charge on any atom is -0.462 e. The Labute approximate surface area is 101 Å². The van der Waals surface area contributed by atoms with Gasteiger partial charge in [0.1, 0.15) is 5.82 Å². The van der Waals surface area contributed by atoms with Crippen LogP contribution in [0.25, 0.3) is 0 Å². The second kappa shape index (κ2) is 5.25. The highest BCUT2D eigenvalue weighted by Gasteiger charge is 2.27. The second-order valence-corrected chi connectivity index (χ2v) is 4.33. The summed E-state index contributed by atoms with van der Waals surface area (Å²) >= 11 is 0. The van der Waals surface area contributed by atoms with Gasteiger partial charge in [-0.2, -0.15) is 0 Å². The lowest BCUT2D eigenvalue weighted by Crippen LogP contribution is -2.12. The Hall–Kier alpha value is -1.45. The smallest absolute Gasteiger partial charge is 0.341 e. The normalized spacial score (nSPS) is 14.7. The first-order chi connectivity index (χ1) is 8.26. The van der Waals surface area contributed by atoms with Gasteiger partial charge in [-0.05, 0) is 26.2 Å². The molecule has 0 atom stereocenters. The van der Waals surface area contributed by atoms with Gasteiger partial charge < -0.3 is 4.74 Å². The number of aromatic nitrogens is 2. The summed E-state index contributed by atoms with van der Waals surface area (Å²) < 4.78 is 5.01. The Morgan fingerprint density at radius 1 is 1.47 bits per heavy atom. The lowest BCUT2D eigenvalue weighted by molar-refractivity contribution is 0.0524. The van der Waals surface area contributed by atoms with Crippen LogP contribution in [-0.2, 0) is 11.2 Å². The van der Waals surface area contributed by atoms with E-state index in [4.69, 9.17) is 4.74 Å². The molecule has 1 aliphatic carbocycles. The van der Waals surface area contributed by atoms with Crippen LogP contribution in [-0.4, -0.2) is 22.5 Å². The molecule has 1 heterocycles. The highest BCUT2D eigenvalue weighted by Crippen LogP contribution is 2.38. The van der Waals surface area contributed by atoms with Crippen LogP contribution in [0.15, 0.2) is 6.20 Å². The Morgan fingerprint density at radius 3 is 2.82 bits per heavy atom. The van der Waals surface area contributed by atoms with Gasteiger partial charge in [-0.25, -0.2) is 14.8 Å². The van der Waals surface area contributed by atoms with E-state index in [1.165, 1.54) is 12.8 Å². The van der Waals surface area contributed by atoms with E-state index in [9.17, 15) is 4.79 Å². The van der Waals surface area contributed by atoms with Crippen molar-refractivity contribution in [3.05, 3.63) is 23.3 Å². The van der Waals surface area contributed by atoms with Crippen LogP contribution in [0.5, 0.6) is 0 Å². The molecule has 17 heavy (non-hydrogen) atoms. The van der Waals surface area contributed by atoms with Crippen molar-refractivity contribution in [3.8, 4) is 0 Å². The molecular weight excluding hydrogens is 216 g/mol. The highest BCUT2D eigenvalue weighted by atomic mass is 16.5. The van der Waals surface area contributed by atoms with E-state index in [-0.39, 0.29) is 5.97 Å². The molecule has 0 N–H and O–H groups in total. The molecule has 0 aromatic carbocycles. The molecule has 4 heteroatoms. The van der Waals surface area contributed by atoms with E-state index in [2.05, 4.69) is 16.9 Å². The van der Waals surface area contributed by atoms with E-state index in [0.29, 0.717) is 18.1 Å². The molecule has 0 aliphatic heterocycles. The van der Waals surface area contributed by atoms with Gasteiger partial charge in [0.2, 0.25) is 0 Å². The zero-order valence-electron chi connectivity index (χ0n) is 10.4. The average molecular weight is 234 g/mol. The molecule has 0 bridgehead atoms. The van der Waals surface area contributed by atoms with Crippen LogP contribution in [0.2, 0.25) is 0 Å². The molecule has 0 saturated heterocycles. The summed E-state index contributed by atoms with van der Waals surface area (Å²) in [5, 5.41) is 0. The van der Waals surface area contributed by atoms with Gasteiger partial charge in [-0.3, -0.25) is 0 Å². The second-order valence-electron chi connectivity index (χ2n) is 4.33.